The van der Waals surface area contributed by atoms with Gasteiger partial charge in [0.15, 0.2) is 5.13 Å². The highest BCUT2D eigenvalue weighted by Gasteiger charge is 2.23. The van der Waals surface area contributed by atoms with Crippen molar-refractivity contribution in [2.24, 2.45) is 7.05 Å². The van der Waals surface area contributed by atoms with Crippen LogP contribution in [0.15, 0.2) is 24.4 Å². The molecule has 1 aromatic carbocycles. The topological polar surface area (TPSA) is 54.3 Å². The molecule has 0 radical (unpaired) electrons. The number of halogens is 1. The third-order valence-corrected chi connectivity index (χ3v) is 5.54. The Morgan fingerprint density at radius 3 is 2.59 bits per heavy atom. The van der Waals surface area contributed by atoms with Crippen molar-refractivity contribution in [1.29, 1.82) is 0 Å². The van der Waals surface area contributed by atoms with Crippen LogP contribution in [0.25, 0.3) is 10.2 Å². The van der Waals surface area contributed by atoms with Crippen LogP contribution in [0, 0.1) is 13.8 Å². The van der Waals surface area contributed by atoms with E-state index in [1.165, 1.54) is 11.1 Å². The van der Waals surface area contributed by atoms with Crippen LogP contribution in [0.2, 0.25) is 0 Å². The molecule has 0 spiro atoms. The van der Waals surface area contributed by atoms with Gasteiger partial charge in [-0.05, 0) is 64.2 Å². The van der Waals surface area contributed by atoms with Gasteiger partial charge in [0.25, 0.3) is 5.91 Å². The second kappa shape index (κ2) is 8.82. The summed E-state index contributed by atoms with van der Waals surface area (Å²) in [6, 6.07) is 5.99. The maximum Gasteiger partial charge on any atom is 0.278 e. The van der Waals surface area contributed by atoms with E-state index in [-0.39, 0.29) is 18.3 Å². The van der Waals surface area contributed by atoms with Gasteiger partial charge in [0.05, 0.1) is 10.2 Å². The lowest BCUT2D eigenvalue weighted by atomic mass is 10.1. The molecule has 2 heterocycles. The quantitative estimate of drug-likeness (QED) is 0.625. The number of hydrogen-bond donors (Lipinski definition) is 0. The number of hydrogen-bond acceptors (Lipinski definition) is 5. The Kier molecular flexibility index (Phi) is 6.97. The van der Waals surface area contributed by atoms with Crippen LogP contribution in [-0.2, 0) is 7.05 Å². The Balaban J connectivity index is 0.00000261. The van der Waals surface area contributed by atoms with Gasteiger partial charge >= 0.3 is 0 Å². The van der Waals surface area contributed by atoms with Crippen LogP contribution < -0.4 is 4.90 Å². The number of carbonyl (C=O) groups excluding carboxylic acids is 1. The molecule has 0 unspecified atom stereocenters. The SMILES string of the molecule is Cc1cc(C)c2sc(N(CCCN(C)C)C(=O)c3ccnn3C)nc2c1.Cl. The van der Waals surface area contributed by atoms with Gasteiger partial charge < -0.3 is 4.90 Å². The highest BCUT2D eigenvalue weighted by atomic mass is 35.5. The van der Waals surface area contributed by atoms with Gasteiger partial charge in [-0.1, -0.05) is 17.4 Å². The zero-order valence-electron chi connectivity index (χ0n) is 16.4. The molecule has 0 atom stereocenters. The first-order chi connectivity index (χ1) is 12.4. The largest absolute Gasteiger partial charge is 0.309 e. The van der Waals surface area contributed by atoms with E-state index in [9.17, 15) is 4.79 Å². The normalized spacial score (nSPS) is 11.0. The third kappa shape index (κ3) is 4.66. The zero-order chi connectivity index (χ0) is 18.8. The molecule has 0 fully saturated rings. The van der Waals surface area contributed by atoms with Crippen LogP contribution in [0.5, 0.6) is 0 Å². The molecular weight excluding hydrogens is 382 g/mol. The van der Waals surface area contributed by atoms with Gasteiger partial charge in [-0.2, -0.15) is 5.10 Å². The summed E-state index contributed by atoms with van der Waals surface area (Å²) < 4.78 is 2.75. The van der Waals surface area contributed by atoms with Crippen LogP contribution in [0.1, 0.15) is 28.0 Å². The number of aryl methyl sites for hydroxylation is 3. The number of carbonyl (C=O) groups is 1. The van der Waals surface area contributed by atoms with E-state index in [0.29, 0.717) is 12.2 Å². The summed E-state index contributed by atoms with van der Waals surface area (Å²) >= 11 is 1.58. The van der Waals surface area contributed by atoms with Crippen LogP contribution in [-0.4, -0.2) is 52.8 Å². The fraction of sp³-hybridized carbons (Fsp3) is 0.421. The first-order valence-corrected chi connectivity index (χ1v) is 9.51. The lowest BCUT2D eigenvalue weighted by molar-refractivity contribution is 0.0977. The van der Waals surface area contributed by atoms with Crippen molar-refractivity contribution in [3.05, 3.63) is 41.2 Å². The summed E-state index contributed by atoms with van der Waals surface area (Å²) in [5.74, 6) is -0.0582. The Morgan fingerprint density at radius 1 is 1.22 bits per heavy atom. The maximum absolute atomic E-state index is 13.1. The van der Waals surface area contributed by atoms with Crippen molar-refractivity contribution >= 4 is 45.0 Å². The Labute approximate surface area is 170 Å². The monoisotopic (exact) mass is 407 g/mol. The molecule has 0 aliphatic rings. The average molecular weight is 408 g/mol. The van der Waals surface area contributed by atoms with E-state index >= 15 is 0 Å². The fourth-order valence-corrected chi connectivity index (χ4v) is 4.07. The van der Waals surface area contributed by atoms with Crippen molar-refractivity contribution in [3.8, 4) is 0 Å². The summed E-state index contributed by atoms with van der Waals surface area (Å²) in [5, 5.41) is 4.88. The summed E-state index contributed by atoms with van der Waals surface area (Å²) in [5.41, 5.74) is 3.91. The van der Waals surface area contributed by atoms with E-state index in [1.807, 2.05) is 14.1 Å². The lowest BCUT2D eigenvalue weighted by Crippen LogP contribution is -2.34. The van der Waals surface area contributed by atoms with Gasteiger partial charge in [-0.25, -0.2) is 4.98 Å². The molecule has 1 amide bonds. The number of rotatable bonds is 6. The molecule has 27 heavy (non-hydrogen) atoms. The van der Waals surface area contributed by atoms with E-state index in [4.69, 9.17) is 4.98 Å². The number of fused-ring (bicyclic) bond motifs is 1. The predicted octanol–water partition coefficient (Wildman–Crippen LogP) is 3.67. The Hall–Kier alpha value is -1.96. The van der Waals surface area contributed by atoms with Crippen molar-refractivity contribution in [1.82, 2.24) is 19.7 Å². The van der Waals surface area contributed by atoms with Gasteiger partial charge in [0.2, 0.25) is 0 Å². The second-order valence-electron chi connectivity index (χ2n) is 6.88. The van der Waals surface area contributed by atoms with Crippen molar-refractivity contribution in [2.75, 3.05) is 32.1 Å². The van der Waals surface area contributed by atoms with Gasteiger partial charge in [0, 0.05) is 19.8 Å². The van der Waals surface area contributed by atoms with Gasteiger partial charge in [-0.15, -0.1) is 12.4 Å². The molecule has 2 aromatic heterocycles. The highest BCUT2D eigenvalue weighted by molar-refractivity contribution is 7.22. The number of amides is 1. The highest BCUT2D eigenvalue weighted by Crippen LogP contribution is 2.32. The number of thiazole rings is 1. The molecule has 0 N–H and O–H groups in total. The maximum atomic E-state index is 13.1. The van der Waals surface area contributed by atoms with Crippen LogP contribution in [0.3, 0.4) is 0 Å². The molecule has 0 aliphatic carbocycles. The summed E-state index contributed by atoms with van der Waals surface area (Å²) in [7, 11) is 5.87. The first-order valence-electron chi connectivity index (χ1n) is 8.69. The second-order valence-corrected chi connectivity index (χ2v) is 7.86. The summed E-state index contributed by atoms with van der Waals surface area (Å²) in [6.07, 6.45) is 2.53. The standard InChI is InChI=1S/C19H25N5OS.ClH/c1-13-11-14(2)17-15(12-13)21-19(26-17)24(10-6-9-22(3)4)18(25)16-7-8-20-23(16)5;/h7-8,11-12H,6,9-10H2,1-5H3;1H. The molecule has 0 saturated carbocycles. The van der Waals surface area contributed by atoms with Crippen molar-refractivity contribution in [3.63, 3.8) is 0 Å². The van der Waals surface area contributed by atoms with E-state index in [0.717, 1.165) is 28.3 Å². The number of benzene rings is 1. The fourth-order valence-electron chi connectivity index (χ4n) is 3.03. The Bertz CT molecular complexity index is 933. The van der Waals surface area contributed by atoms with E-state index in [2.05, 4.69) is 36.0 Å². The molecule has 3 rings (SSSR count). The average Bonchev–Trinajstić information content (AvgIpc) is 3.17. The number of aromatic nitrogens is 3. The molecule has 146 valence electrons. The van der Waals surface area contributed by atoms with Crippen LogP contribution in [0.4, 0.5) is 5.13 Å². The van der Waals surface area contributed by atoms with Crippen molar-refractivity contribution < 1.29 is 4.79 Å². The molecule has 3 aromatic rings. The predicted molar refractivity (Wildman–Crippen MR) is 114 cm³/mol. The summed E-state index contributed by atoms with van der Waals surface area (Å²) in [6.45, 7) is 5.70. The third-order valence-electron chi connectivity index (χ3n) is 4.31. The van der Waals surface area contributed by atoms with Gasteiger partial charge in [0.1, 0.15) is 5.69 Å². The Morgan fingerprint density at radius 2 is 1.96 bits per heavy atom. The number of nitrogens with zero attached hydrogens (tertiary/aromatic N) is 5. The van der Waals surface area contributed by atoms with E-state index in [1.54, 1.807) is 40.2 Å². The molecule has 0 aliphatic heterocycles. The molecule has 6 nitrogen and oxygen atoms in total. The van der Waals surface area contributed by atoms with Crippen molar-refractivity contribution in [2.45, 2.75) is 20.3 Å². The van der Waals surface area contributed by atoms with Crippen LogP contribution >= 0.6 is 23.7 Å². The smallest absolute Gasteiger partial charge is 0.278 e. The first kappa shape index (κ1) is 21.3. The van der Waals surface area contributed by atoms with Gasteiger partial charge in [-0.3, -0.25) is 14.4 Å². The minimum absolute atomic E-state index is 0. The minimum Gasteiger partial charge on any atom is -0.309 e. The minimum atomic E-state index is -0.0582. The van der Waals surface area contributed by atoms with E-state index < -0.39 is 0 Å². The summed E-state index contributed by atoms with van der Waals surface area (Å²) in [4.78, 5) is 21.8. The molecule has 8 heteroatoms. The molecule has 0 bridgehead atoms. The molecule has 0 saturated heterocycles. The lowest BCUT2D eigenvalue weighted by Gasteiger charge is -2.20. The number of anilines is 1. The molecular formula is C19H26ClN5OS. The zero-order valence-corrected chi connectivity index (χ0v) is 18.0.